The van der Waals surface area contributed by atoms with Crippen LogP contribution < -0.4 is 15.4 Å². The number of aromatic hydroxyl groups is 3. The summed E-state index contributed by atoms with van der Waals surface area (Å²) in [5, 5.41) is 45.1. The number of esters is 1. The van der Waals surface area contributed by atoms with Gasteiger partial charge in [0.05, 0.1) is 5.56 Å². The van der Waals surface area contributed by atoms with E-state index in [-0.39, 0.29) is 45.8 Å². The second-order valence-corrected chi connectivity index (χ2v) is 10.1. The van der Waals surface area contributed by atoms with Gasteiger partial charge < -0.3 is 40.5 Å². The number of carboxylic acids is 1. The molecule has 6 rings (SSSR count). The van der Waals surface area contributed by atoms with E-state index in [1.54, 1.807) is 42.5 Å². The molecule has 1 atom stereocenters. The lowest BCUT2D eigenvalue weighted by Crippen LogP contribution is -2.44. The van der Waals surface area contributed by atoms with Crippen LogP contribution in [-0.2, 0) is 21.6 Å². The van der Waals surface area contributed by atoms with Gasteiger partial charge in [-0.1, -0.05) is 18.2 Å². The second-order valence-electron chi connectivity index (χ2n) is 9.65. The van der Waals surface area contributed by atoms with Crippen LogP contribution in [0.25, 0.3) is 0 Å². The topological polar surface area (TPSA) is 158 Å². The summed E-state index contributed by atoms with van der Waals surface area (Å²) in [6.45, 7) is 0. The number of rotatable bonds is 5. The number of thiocarbonyl (C=S) groups is 1. The number of phenolic OH excluding ortho intramolecular Hbond substituents is 3. The molecule has 206 valence electrons. The number of aliphatic carboxylic acids is 1. The predicted octanol–water partition coefficient (Wildman–Crippen LogP) is 4.35. The van der Waals surface area contributed by atoms with Gasteiger partial charge in [0.15, 0.2) is 10.7 Å². The zero-order valence-corrected chi connectivity index (χ0v) is 21.9. The maximum absolute atomic E-state index is 13.3. The molecule has 0 aromatic heterocycles. The van der Waals surface area contributed by atoms with E-state index in [1.807, 2.05) is 0 Å². The highest BCUT2D eigenvalue weighted by atomic mass is 32.1. The van der Waals surface area contributed by atoms with Crippen molar-refractivity contribution in [3.63, 3.8) is 0 Å². The first-order valence-electron chi connectivity index (χ1n) is 12.4. The summed E-state index contributed by atoms with van der Waals surface area (Å²) in [7, 11) is 0. The Hall–Kier alpha value is -5.29. The molecule has 0 bridgehead atoms. The molecule has 0 unspecified atom stereocenters. The number of carbonyl (C=O) groups excluding carboxylic acids is 1. The molecule has 4 aromatic rings. The van der Waals surface area contributed by atoms with Gasteiger partial charge in [0.25, 0.3) is 0 Å². The van der Waals surface area contributed by atoms with Crippen LogP contribution in [-0.4, -0.2) is 43.5 Å². The molecular formula is C30H22N2O8S. The number of hydrogen-bond donors (Lipinski definition) is 6. The van der Waals surface area contributed by atoms with Gasteiger partial charge in [-0.3, -0.25) is 0 Å². The van der Waals surface area contributed by atoms with Crippen molar-refractivity contribution in [1.82, 2.24) is 5.32 Å². The lowest BCUT2D eigenvalue weighted by atomic mass is 9.77. The van der Waals surface area contributed by atoms with Gasteiger partial charge in [0, 0.05) is 40.9 Å². The van der Waals surface area contributed by atoms with Crippen molar-refractivity contribution in [2.75, 3.05) is 5.32 Å². The van der Waals surface area contributed by atoms with Crippen LogP contribution in [0.2, 0.25) is 0 Å². The Balaban J connectivity index is 1.31. The molecule has 0 fully saturated rings. The standard InChI is InChI=1S/C30H22N2O8S/c33-17-4-1-15(2-5-17)11-24(27(36)37)32-29(41)31-16-3-8-21-20(12-16)28(38)40-30(21)22-9-6-18(34)13-25(22)39-26-14-19(35)7-10-23(26)30/h1-10,12-14,24,33-35H,11H2,(H,36,37)(H2,31,32,41)/t24-/m0/s1. The zero-order valence-electron chi connectivity index (χ0n) is 21.1. The van der Waals surface area contributed by atoms with Crippen molar-refractivity contribution < 1.29 is 39.5 Å². The summed E-state index contributed by atoms with van der Waals surface area (Å²) in [4.78, 5) is 25.2. The van der Waals surface area contributed by atoms with E-state index in [9.17, 15) is 30.0 Å². The van der Waals surface area contributed by atoms with Gasteiger partial charge in [-0.15, -0.1) is 0 Å². The zero-order chi connectivity index (χ0) is 28.9. The minimum absolute atomic E-state index is 0.0323. The molecule has 0 saturated carbocycles. The van der Waals surface area contributed by atoms with E-state index in [0.717, 1.165) is 0 Å². The largest absolute Gasteiger partial charge is 0.508 e. The quantitative estimate of drug-likeness (QED) is 0.150. The van der Waals surface area contributed by atoms with E-state index in [4.69, 9.17) is 21.7 Å². The van der Waals surface area contributed by atoms with Gasteiger partial charge in [0.1, 0.15) is 34.8 Å². The van der Waals surface area contributed by atoms with Gasteiger partial charge >= 0.3 is 11.9 Å². The summed E-state index contributed by atoms with van der Waals surface area (Å²) in [5.74, 6) is -1.20. The van der Waals surface area contributed by atoms with Crippen molar-refractivity contribution in [3.05, 3.63) is 107 Å². The summed E-state index contributed by atoms with van der Waals surface area (Å²) in [6.07, 6.45) is 0.114. The van der Waals surface area contributed by atoms with Crippen molar-refractivity contribution in [1.29, 1.82) is 0 Å². The number of nitrogens with one attached hydrogen (secondary N) is 2. The average molecular weight is 571 g/mol. The third kappa shape index (κ3) is 4.51. The molecule has 6 N–H and O–H groups in total. The highest BCUT2D eigenvalue weighted by Gasteiger charge is 2.53. The molecule has 0 radical (unpaired) electrons. The molecule has 41 heavy (non-hydrogen) atoms. The van der Waals surface area contributed by atoms with Crippen molar-refractivity contribution in [2.45, 2.75) is 18.1 Å². The Morgan fingerprint density at radius 3 is 2.02 bits per heavy atom. The Bertz CT molecular complexity index is 1690. The van der Waals surface area contributed by atoms with Crippen molar-refractivity contribution in [3.8, 4) is 28.7 Å². The first-order chi connectivity index (χ1) is 19.6. The third-order valence-corrected chi connectivity index (χ3v) is 7.23. The number of fused-ring (bicyclic) bond motifs is 6. The first-order valence-corrected chi connectivity index (χ1v) is 12.9. The highest BCUT2D eigenvalue weighted by Crippen LogP contribution is 2.57. The van der Waals surface area contributed by atoms with E-state index in [1.165, 1.54) is 36.4 Å². The summed E-state index contributed by atoms with van der Waals surface area (Å²) >= 11 is 5.37. The van der Waals surface area contributed by atoms with Crippen LogP contribution in [0.3, 0.4) is 0 Å². The van der Waals surface area contributed by atoms with Crippen molar-refractivity contribution >= 4 is 35.0 Å². The van der Waals surface area contributed by atoms with Crippen LogP contribution in [0.15, 0.2) is 78.9 Å². The summed E-state index contributed by atoms with van der Waals surface area (Å²) in [6, 6.07) is 19.1. The SMILES string of the molecule is O=C1OC2(c3ccc(O)cc3Oc3cc(O)ccc32)c2ccc(NC(=S)N[C@@H](Cc3ccc(O)cc3)C(=O)O)cc21. The Morgan fingerprint density at radius 1 is 0.829 bits per heavy atom. The maximum Gasteiger partial charge on any atom is 0.340 e. The van der Waals surface area contributed by atoms with Crippen LogP contribution in [0.1, 0.15) is 32.6 Å². The first kappa shape index (κ1) is 26.0. The number of hydrogen-bond acceptors (Lipinski definition) is 8. The molecule has 0 saturated heterocycles. The number of benzene rings is 4. The highest BCUT2D eigenvalue weighted by molar-refractivity contribution is 7.80. The normalized spacial score (nSPS) is 14.6. The smallest absolute Gasteiger partial charge is 0.340 e. The van der Waals surface area contributed by atoms with Gasteiger partial charge in [-0.2, -0.15) is 0 Å². The Labute approximate surface area is 238 Å². The fourth-order valence-electron chi connectivity index (χ4n) is 5.18. The van der Waals surface area contributed by atoms with Crippen LogP contribution in [0, 0.1) is 0 Å². The number of phenols is 3. The third-order valence-electron chi connectivity index (χ3n) is 7.01. The van der Waals surface area contributed by atoms with E-state index in [0.29, 0.717) is 27.9 Å². The van der Waals surface area contributed by atoms with Gasteiger partial charge in [-0.05, 0) is 66.3 Å². The van der Waals surface area contributed by atoms with E-state index < -0.39 is 23.6 Å². The molecule has 2 aliphatic rings. The lowest BCUT2D eigenvalue weighted by molar-refractivity contribution is -0.139. The fourth-order valence-corrected chi connectivity index (χ4v) is 5.44. The molecule has 2 aliphatic heterocycles. The van der Waals surface area contributed by atoms with E-state index in [2.05, 4.69) is 10.6 Å². The molecule has 10 nitrogen and oxygen atoms in total. The van der Waals surface area contributed by atoms with Crippen LogP contribution >= 0.6 is 12.2 Å². The van der Waals surface area contributed by atoms with Crippen LogP contribution in [0.5, 0.6) is 28.7 Å². The number of carboxylic acid groups (broad SMARTS) is 1. The van der Waals surface area contributed by atoms with Crippen molar-refractivity contribution in [2.24, 2.45) is 0 Å². The average Bonchev–Trinajstić information content (AvgIpc) is 3.21. The van der Waals surface area contributed by atoms with Gasteiger partial charge in [-0.25, -0.2) is 9.59 Å². The fraction of sp³-hybridized carbons (Fsp3) is 0.100. The lowest BCUT2D eigenvalue weighted by Gasteiger charge is -2.36. The maximum atomic E-state index is 13.3. The molecule has 0 amide bonds. The number of anilines is 1. The predicted molar refractivity (Wildman–Crippen MR) is 151 cm³/mol. The minimum Gasteiger partial charge on any atom is -0.508 e. The second kappa shape index (κ2) is 9.72. The molecular weight excluding hydrogens is 548 g/mol. The Morgan fingerprint density at radius 2 is 1.41 bits per heavy atom. The molecule has 2 heterocycles. The molecule has 4 aromatic carbocycles. The number of carbonyl (C=O) groups is 2. The van der Waals surface area contributed by atoms with Gasteiger partial charge in [0.2, 0.25) is 0 Å². The monoisotopic (exact) mass is 570 g/mol. The summed E-state index contributed by atoms with van der Waals surface area (Å²) in [5.41, 5.74) is 1.48. The molecule has 11 heteroatoms. The van der Waals surface area contributed by atoms with E-state index >= 15 is 0 Å². The molecule has 1 spiro atoms. The minimum atomic E-state index is -1.40. The summed E-state index contributed by atoms with van der Waals surface area (Å²) < 4.78 is 12.0. The Kier molecular flexibility index (Phi) is 6.15. The number of ether oxygens (including phenoxy) is 2. The molecule has 0 aliphatic carbocycles. The van der Waals surface area contributed by atoms with Crippen LogP contribution in [0.4, 0.5) is 5.69 Å².